The van der Waals surface area contributed by atoms with Crippen molar-refractivity contribution in [1.82, 2.24) is 15.5 Å². The molecule has 1 heterocycles. The first kappa shape index (κ1) is 20.5. The highest BCUT2D eigenvalue weighted by molar-refractivity contribution is 6.30. The highest BCUT2D eigenvalue weighted by Crippen LogP contribution is 2.30. The number of carbonyl (C=O) groups excluding carboxylic acids is 1. The highest BCUT2D eigenvalue weighted by Gasteiger charge is 2.34. The van der Waals surface area contributed by atoms with Gasteiger partial charge in [0.2, 0.25) is 0 Å². The van der Waals surface area contributed by atoms with Gasteiger partial charge in [0.25, 0.3) is 0 Å². The van der Waals surface area contributed by atoms with Crippen LogP contribution in [0.3, 0.4) is 0 Å². The van der Waals surface area contributed by atoms with Crippen LogP contribution in [0.5, 0.6) is 0 Å². The Morgan fingerprint density at radius 1 is 1.15 bits per heavy atom. The fraction of sp³-hybridized carbons (Fsp3) is 0.682. The minimum Gasteiger partial charge on any atom is -0.338 e. The average molecular weight is 392 g/mol. The number of rotatable bonds is 7. The summed E-state index contributed by atoms with van der Waals surface area (Å²) in [5.74, 6) is 0.757. The largest absolute Gasteiger partial charge is 0.338 e. The molecule has 2 N–H and O–H groups in total. The second kappa shape index (κ2) is 10.3. The zero-order valence-corrected chi connectivity index (χ0v) is 17.3. The molecular formula is C22H34ClN3O. The van der Waals surface area contributed by atoms with Crippen LogP contribution in [0.2, 0.25) is 5.02 Å². The molecule has 4 nitrogen and oxygen atoms in total. The van der Waals surface area contributed by atoms with Gasteiger partial charge in [0, 0.05) is 23.7 Å². The maximum Gasteiger partial charge on any atom is 0.315 e. The van der Waals surface area contributed by atoms with Gasteiger partial charge in [-0.05, 0) is 81.6 Å². The molecule has 0 bridgehead atoms. The van der Waals surface area contributed by atoms with E-state index in [-0.39, 0.29) is 6.03 Å². The number of amides is 2. The molecule has 2 aliphatic rings. The number of nitrogens with zero attached hydrogens (tertiary/aromatic N) is 1. The lowest BCUT2D eigenvalue weighted by atomic mass is 9.89. The highest BCUT2D eigenvalue weighted by atomic mass is 35.5. The van der Waals surface area contributed by atoms with Gasteiger partial charge >= 0.3 is 6.03 Å². The predicted octanol–water partition coefficient (Wildman–Crippen LogP) is 4.61. The van der Waals surface area contributed by atoms with Crippen LogP contribution in [0.1, 0.15) is 57.4 Å². The minimum absolute atomic E-state index is 0.0120. The van der Waals surface area contributed by atoms with E-state index < -0.39 is 0 Å². The molecule has 0 radical (unpaired) electrons. The van der Waals surface area contributed by atoms with Crippen molar-refractivity contribution in [2.45, 2.75) is 70.4 Å². The Kier molecular flexibility index (Phi) is 7.83. The normalized spacial score (nSPS) is 24.1. The lowest BCUT2D eigenvalue weighted by molar-refractivity contribution is 0.119. The molecule has 0 aromatic heterocycles. The summed E-state index contributed by atoms with van der Waals surface area (Å²) in [7, 11) is 0. The second-order valence-electron chi connectivity index (χ2n) is 8.17. The SMILES string of the molecule is CCCCNC(=O)N[C@@H]1CCC[C@H]1N1CCC(Cc2ccc(Cl)cc2)CC1. The van der Waals surface area contributed by atoms with Gasteiger partial charge < -0.3 is 10.6 Å². The van der Waals surface area contributed by atoms with Gasteiger partial charge in [-0.1, -0.05) is 37.1 Å². The Morgan fingerprint density at radius 3 is 2.59 bits per heavy atom. The molecule has 2 fully saturated rings. The van der Waals surface area contributed by atoms with Crippen LogP contribution >= 0.6 is 11.6 Å². The van der Waals surface area contributed by atoms with E-state index in [2.05, 4.69) is 34.6 Å². The summed E-state index contributed by atoms with van der Waals surface area (Å²) in [6.07, 6.45) is 9.33. The van der Waals surface area contributed by atoms with Gasteiger partial charge in [0.15, 0.2) is 0 Å². The first-order valence-electron chi connectivity index (χ1n) is 10.7. The van der Waals surface area contributed by atoms with Crippen molar-refractivity contribution < 1.29 is 4.79 Å². The van der Waals surface area contributed by atoms with Gasteiger partial charge in [-0.3, -0.25) is 4.90 Å². The molecular weight excluding hydrogens is 358 g/mol. The summed E-state index contributed by atoms with van der Waals surface area (Å²) in [4.78, 5) is 14.8. The Bertz CT molecular complexity index is 584. The lowest BCUT2D eigenvalue weighted by Crippen LogP contribution is -2.53. The smallest absolute Gasteiger partial charge is 0.315 e. The number of halogens is 1. The fourth-order valence-electron chi connectivity index (χ4n) is 4.59. The van der Waals surface area contributed by atoms with E-state index in [1.165, 1.54) is 31.2 Å². The maximum absolute atomic E-state index is 12.1. The third-order valence-electron chi connectivity index (χ3n) is 6.17. The third kappa shape index (κ3) is 6.11. The minimum atomic E-state index is 0.0120. The first-order valence-corrected chi connectivity index (χ1v) is 11.1. The van der Waals surface area contributed by atoms with E-state index in [0.717, 1.165) is 56.3 Å². The molecule has 1 aliphatic carbocycles. The van der Waals surface area contributed by atoms with Crippen molar-refractivity contribution in [1.29, 1.82) is 0 Å². The molecule has 27 heavy (non-hydrogen) atoms. The summed E-state index contributed by atoms with van der Waals surface area (Å²) < 4.78 is 0. The number of piperidine rings is 1. The van der Waals surface area contributed by atoms with Crippen molar-refractivity contribution in [2.24, 2.45) is 5.92 Å². The van der Waals surface area contributed by atoms with Crippen molar-refractivity contribution in [3.8, 4) is 0 Å². The molecule has 0 unspecified atom stereocenters. The van der Waals surface area contributed by atoms with E-state index in [4.69, 9.17) is 11.6 Å². The van der Waals surface area contributed by atoms with E-state index in [1.807, 2.05) is 12.1 Å². The molecule has 1 aromatic rings. The molecule has 1 saturated heterocycles. The van der Waals surface area contributed by atoms with E-state index in [0.29, 0.717) is 12.1 Å². The lowest BCUT2D eigenvalue weighted by Gasteiger charge is -2.38. The zero-order valence-electron chi connectivity index (χ0n) is 16.6. The zero-order chi connectivity index (χ0) is 19.1. The van der Waals surface area contributed by atoms with Crippen LogP contribution in [0.4, 0.5) is 4.79 Å². The Morgan fingerprint density at radius 2 is 1.89 bits per heavy atom. The number of nitrogens with one attached hydrogen (secondary N) is 2. The van der Waals surface area contributed by atoms with Crippen LogP contribution in [-0.4, -0.2) is 42.6 Å². The molecule has 1 aromatic carbocycles. The monoisotopic (exact) mass is 391 g/mol. The summed E-state index contributed by atoms with van der Waals surface area (Å²) in [5, 5.41) is 7.04. The van der Waals surface area contributed by atoms with Crippen molar-refractivity contribution >= 4 is 17.6 Å². The van der Waals surface area contributed by atoms with Gasteiger partial charge in [0.1, 0.15) is 0 Å². The van der Waals surface area contributed by atoms with Crippen LogP contribution in [0, 0.1) is 5.92 Å². The van der Waals surface area contributed by atoms with Crippen molar-refractivity contribution in [3.63, 3.8) is 0 Å². The quantitative estimate of drug-likeness (QED) is 0.666. The number of likely N-dealkylation sites (tertiary alicyclic amines) is 1. The van der Waals surface area contributed by atoms with E-state index in [9.17, 15) is 4.79 Å². The predicted molar refractivity (Wildman–Crippen MR) is 112 cm³/mol. The molecule has 2 amide bonds. The van der Waals surface area contributed by atoms with Gasteiger partial charge in [-0.2, -0.15) is 0 Å². The second-order valence-corrected chi connectivity index (χ2v) is 8.60. The number of carbonyl (C=O) groups is 1. The summed E-state index contributed by atoms with van der Waals surface area (Å²) in [5.41, 5.74) is 1.39. The summed E-state index contributed by atoms with van der Waals surface area (Å²) in [6, 6.07) is 9.13. The molecule has 0 spiro atoms. The molecule has 150 valence electrons. The van der Waals surface area contributed by atoms with Gasteiger partial charge in [-0.15, -0.1) is 0 Å². The van der Waals surface area contributed by atoms with Crippen LogP contribution in [0.15, 0.2) is 24.3 Å². The van der Waals surface area contributed by atoms with Crippen molar-refractivity contribution in [3.05, 3.63) is 34.9 Å². The molecule has 3 rings (SSSR count). The number of hydrogen-bond acceptors (Lipinski definition) is 2. The first-order chi connectivity index (χ1) is 13.2. The van der Waals surface area contributed by atoms with E-state index >= 15 is 0 Å². The van der Waals surface area contributed by atoms with Crippen LogP contribution in [-0.2, 0) is 6.42 Å². The summed E-state index contributed by atoms with van der Waals surface area (Å²) >= 11 is 5.99. The topological polar surface area (TPSA) is 44.4 Å². The Labute approximate surface area is 169 Å². The van der Waals surface area contributed by atoms with Crippen molar-refractivity contribution in [2.75, 3.05) is 19.6 Å². The summed E-state index contributed by atoms with van der Waals surface area (Å²) in [6.45, 7) is 5.22. The fourth-order valence-corrected chi connectivity index (χ4v) is 4.71. The Balaban J connectivity index is 1.43. The molecule has 1 saturated carbocycles. The number of hydrogen-bond donors (Lipinski definition) is 2. The van der Waals surface area contributed by atoms with Gasteiger partial charge in [0.05, 0.1) is 0 Å². The third-order valence-corrected chi connectivity index (χ3v) is 6.42. The number of benzene rings is 1. The standard InChI is InChI=1S/C22H34ClN3O/c1-2-3-13-24-22(27)25-20-5-4-6-21(20)26-14-11-18(12-15-26)16-17-7-9-19(23)10-8-17/h7-10,18,20-21H,2-6,11-16H2,1H3,(H2,24,25,27)/t20-,21-/m1/s1. The number of unbranched alkanes of at least 4 members (excludes halogenated alkanes) is 1. The maximum atomic E-state index is 12.1. The van der Waals surface area contributed by atoms with E-state index in [1.54, 1.807) is 0 Å². The van der Waals surface area contributed by atoms with Gasteiger partial charge in [-0.25, -0.2) is 4.79 Å². The Hall–Kier alpha value is -1.26. The molecule has 1 aliphatic heterocycles. The number of urea groups is 1. The molecule has 5 heteroatoms. The van der Waals surface area contributed by atoms with Crippen LogP contribution in [0.25, 0.3) is 0 Å². The average Bonchev–Trinajstić information content (AvgIpc) is 3.12. The molecule has 2 atom stereocenters. The van der Waals surface area contributed by atoms with Crippen LogP contribution < -0.4 is 10.6 Å².